The van der Waals surface area contributed by atoms with Crippen LogP contribution in [0.1, 0.15) is 26.3 Å². The third-order valence-corrected chi connectivity index (χ3v) is 4.35. The molecular formula is C19H18F3N3O3. The van der Waals surface area contributed by atoms with Gasteiger partial charge < -0.3 is 20.7 Å². The molecule has 0 unspecified atom stereocenters. The fourth-order valence-corrected chi connectivity index (χ4v) is 2.92. The molecule has 148 valence electrons. The minimum Gasteiger partial charge on any atom is -0.485 e. The van der Waals surface area contributed by atoms with Gasteiger partial charge in [0, 0.05) is 26.2 Å². The molecule has 9 heteroatoms. The summed E-state index contributed by atoms with van der Waals surface area (Å²) in [6, 6.07) is 5.32. The van der Waals surface area contributed by atoms with Gasteiger partial charge in [0.15, 0.2) is 11.6 Å². The van der Waals surface area contributed by atoms with Crippen molar-refractivity contribution in [1.82, 2.24) is 10.2 Å². The minimum absolute atomic E-state index is 0.141. The first-order chi connectivity index (χ1) is 13.4. The van der Waals surface area contributed by atoms with Crippen molar-refractivity contribution in [2.75, 3.05) is 26.2 Å². The van der Waals surface area contributed by atoms with Gasteiger partial charge in [-0.1, -0.05) is 6.07 Å². The highest BCUT2D eigenvalue weighted by molar-refractivity contribution is 5.96. The fraction of sp³-hybridized carbons (Fsp3) is 0.263. The van der Waals surface area contributed by atoms with E-state index in [4.69, 9.17) is 10.5 Å². The molecule has 2 aromatic carbocycles. The molecule has 1 aliphatic rings. The molecular weight excluding hydrogens is 375 g/mol. The Balaban J connectivity index is 1.82. The summed E-state index contributed by atoms with van der Waals surface area (Å²) in [7, 11) is 0. The van der Waals surface area contributed by atoms with Crippen LogP contribution >= 0.6 is 0 Å². The lowest BCUT2D eigenvalue weighted by Crippen LogP contribution is -2.46. The number of nitrogens with two attached hydrogens (primary N) is 1. The highest BCUT2D eigenvalue weighted by Crippen LogP contribution is 2.26. The Morgan fingerprint density at radius 1 is 1.04 bits per heavy atom. The Kier molecular flexibility index (Phi) is 5.84. The number of rotatable bonds is 5. The molecule has 6 nitrogen and oxygen atoms in total. The minimum atomic E-state index is -1.18. The van der Waals surface area contributed by atoms with Crippen LogP contribution in [-0.2, 0) is 6.61 Å². The van der Waals surface area contributed by atoms with Gasteiger partial charge in [0.25, 0.3) is 11.8 Å². The molecule has 0 radical (unpaired) electrons. The third kappa shape index (κ3) is 4.09. The molecule has 2 aromatic rings. The number of benzene rings is 2. The van der Waals surface area contributed by atoms with E-state index in [9.17, 15) is 22.8 Å². The molecule has 0 bridgehead atoms. The fourth-order valence-electron chi connectivity index (χ4n) is 2.92. The molecule has 28 heavy (non-hydrogen) atoms. The van der Waals surface area contributed by atoms with Crippen LogP contribution in [-0.4, -0.2) is 42.9 Å². The van der Waals surface area contributed by atoms with E-state index in [-0.39, 0.29) is 12.2 Å². The first-order valence-corrected chi connectivity index (χ1v) is 8.57. The maximum Gasteiger partial charge on any atom is 0.256 e. The van der Waals surface area contributed by atoms with Crippen molar-refractivity contribution < 1.29 is 27.5 Å². The number of piperazine rings is 1. The average Bonchev–Trinajstić information content (AvgIpc) is 2.69. The summed E-state index contributed by atoms with van der Waals surface area (Å²) in [6.45, 7) is 1.82. The van der Waals surface area contributed by atoms with E-state index in [2.05, 4.69) is 5.32 Å². The summed E-state index contributed by atoms with van der Waals surface area (Å²) in [5, 5.41) is 3.10. The standard InChI is InChI=1S/C19H18F3N3O3/c20-13-2-1-11(9-12(13)19(27)25-7-5-24-6-8-25)10-28-17-15(22)4-3-14(21)16(17)18(23)26/h1-4,9,24H,5-8,10H2,(H2,23,26). The van der Waals surface area contributed by atoms with Crippen molar-refractivity contribution in [2.24, 2.45) is 5.73 Å². The largest absolute Gasteiger partial charge is 0.485 e. The number of carbonyl (C=O) groups excluding carboxylic acids is 2. The molecule has 0 atom stereocenters. The second-order valence-electron chi connectivity index (χ2n) is 6.24. The monoisotopic (exact) mass is 393 g/mol. The van der Waals surface area contributed by atoms with E-state index < -0.39 is 40.6 Å². The molecule has 0 aromatic heterocycles. The molecule has 0 spiro atoms. The van der Waals surface area contributed by atoms with Gasteiger partial charge in [0.05, 0.1) is 5.56 Å². The molecule has 1 aliphatic heterocycles. The van der Waals surface area contributed by atoms with Crippen LogP contribution in [0, 0.1) is 17.5 Å². The summed E-state index contributed by atoms with van der Waals surface area (Å²) in [5.74, 6) is -4.95. The first-order valence-electron chi connectivity index (χ1n) is 8.57. The van der Waals surface area contributed by atoms with Crippen LogP contribution < -0.4 is 15.8 Å². The topological polar surface area (TPSA) is 84.7 Å². The number of ether oxygens (including phenoxy) is 1. The molecule has 2 amide bonds. The highest BCUT2D eigenvalue weighted by Gasteiger charge is 2.23. The summed E-state index contributed by atoms with van der Waals surface area (Å²) in [5.41, 5.74) is 4.59. The number of carbonyl (C=O) groups is 2. The number of hydrogen-bond acceptors (Lipinski definition) is 4. The molecule has 0 saturated carbocycles. The van der Waals surface area contributed by atoms with Gasteiger partial charge in [0.2, 0.25) is 0 Å². The average molecular weight is 393 g/mol. The van der Waals surface area contributed by atoms with E-state index in [0.717, 1.165) is 18.2 Å². The van der Waals surface area contributed by atoms with Crippen LogP contribution in [0.5, 0.6) is 5.75 Å². The molecule has 1 saturated heterocycles. The molecule has 1 heterocycles. The maximum absolute atomic E-state index is 14.2. The zero-order valence-electron chi connectivity index (χ0n) is 14.8. The van der Waals surface area contributed by atoms with Crippen molar-refractivity contribution in [3.05, 3.63) is 64.5 Å². The quantitative estimate of drug-likeness (QED) is 0.812. The van der Waals surface area contributed by atoms with E-state index >= 15 is 0 Å². The van der Waals surface area contributed by atoms with Crippen molar-refractivity contribution in [1.29, 1.82) is 0 Å². The van der Waals surface area contributed by atoms with Gasteiger partial charge in [-0.05, 0) is 29.8 Å². The Morgan fingerprint density at radius 2 is 1.68 bits per heavy atom. The van der Waals surface area contributed by atoms with Gasteiger partial charge >= 0.3 is 0 Å². The number of amides is 2. The lowest BCUT2D eigenvalue weighted by Gasteiger charge is -2.27. The molecule has 0 aliphatic carbocycles. The van der Waals surface area contributed by atoms with Gasteiger partial charge in [-0.15, -0.1) is 0 Å². The Bertz CT molecular complexity index is 915. The van der Waals surface area contributed by atoms with Crippen LogP contribution in [0.4, 0.5) is 13.2 Å². The van der Waals surface area contributed by atoms with E-state index in [1.165, 1.54) is 17.0 Å². The van der Waals surface area contributed by atoms with Crippen LogP contribution in [0.3, 0.4) is 0 Å². The summed E-state index contributed by atoms with van der Waals surface area (Å²) < 4.78 is 47.2. The van der Waals surface area contributed by atoms with E-state index in [1.54, 1.807) is 0 Å². The van der Waals surface area contributed by atoms with Crippen molar-refractivity contribution >= 4 is 11.8 Å². The SMILES string of the molecule is NC(=O)c1c(F)ccc(F)c1OCc1ccc(F)c(C(=O)N2CCNCC2)c1. The highest BCUT2D eigenvalue weighted by atomic mass is 19.1. The maximum atomic E-state index is 14.2. The summed E-state index contributed by atoms with van der Waals surface area (Å²) in [4.78, 5) is 25.5. The van der Waals surface area contributed by atoms with E-state index in [1.807, 2.05) is 0 Å². The second-order valence-corrected chi connectivity index (χ2v) is 6.24. The molecule has 1 fully saturated rings. The van der Waals surface area contributed by atoms with E-state index in [0.29, 0.717) is 31.7 Å². The second kappa shape index (κ2) is 8.30. The van der Waals surface area contributed by atoms with Crippen molar-refractivity contribution in [3.63, 3.8) is 0 Å². The smallest absolute Gasteiger partial charge is 0.256 e. The predicted molar refractivity (Wildman–Crippen MR) is 94.4 cm³/mol. The van der Waals surface area contributed by atoms with Crippen molar-refractivity contribution in [3.8, 4) is 5.75 Å². The lowest BCUT2D eigenvalue weighted by atomic mass is 10.1. The van der Waals surface area contributed by atoms with Gasteiger partial charge in [0.1, 0.15) is 23.8 Å². The Hall–Kier alpha value is -3.07. The first kappa shape index (κ1) is 19.7. The normalized spacial score (nSPS) is 14.0. The van der Waals surface area contributed by atoms with Crippen LogP contribution in [0.15, 0.2) is 30.3 Å². The summed E-state index contributed by atoms with van der Waals surface area (Å²) >= 11 is 0. The Labute approximate surface area is 159 Å². The summed E-state index contributed by atoms with van der Waals surface area (Å²) in [6.07, 6.45) is 0. The predicted octanol–water partition coefficient (Wildman–Crippen LogP) is 1.83. The van der Waals surface area contributed by atoms with Crippen LogP contribution in [0.2, 0.25) is 0 Å². The van der Waals surface area contributed by atoms with Crippen LogP contribution in [0.25, 0.3) is 0 Å². The zero-order valence-corrected chi connectivity index (χ0v) is 14.8. The molecule has 3 N–H and O–H groups in total. The number of nitrogens with zero attached hydrogens (tertiary/aromatic N) is 1. The van der Waals surface area contributed by atoms with Gasteiger partial charge in [-0.3, -0.25) is 9.59 Å². The number of hydrogen-bond donors (Lipinski definition) is 2. The van der Waals surface area contributed by atoms with Crippen molar-refractivity contribution in [2.45, 2.75) is 6.61 Å². The third-order valence-electron chi connectivity index (χ3n) is 4.35. The van der Waals surface area contributed by atoms with Gasteiger partial charge in [-0.2, -0.15) is 0 Å². The zero-order chi connectivity index (χ0) is 20.3. The molecule has 3 rings (SSSR count). The Morgan fingerprint density at radius 3 is 2.36 bits per heavy atom. The van der Waals surface area contributed by atoms with Gasteiger partial charge in [-0.25, -0.2) is 13.2 Å². The number of primary amides is 1. The number of nitrogens with one attached hydrogen (secondary N) is 1. The number of halogens is 3. The lowest BCUT2D eigenvalue weighted by molar-refractivity contribution is 0.0730.